The molecule has 0 aromatic heterocycles. The van der Waals surface area contributed by atoms with Gasteiger partial charge >= 0.3 is 37.4 Å². The van der Waals surface area contributed by atoms with Crippen molar-refractivity contribution >= 4 is 25.6 Å². The van der Waals surface area contributed by atoms with Gasteiger partial charge < -0.3 is 29.4 Å². The first kappa shape index (κ1) is 25.4. The Hall–Kier alpha value is -1.88. The third-order valence-corrected chi connectivity index (χ3v) is 6.02. The summed E-state index contributed by atoms with van der Waals surface area (Å²) in [4.78, 5) is 37.3. The molecule has 0 unspecified atom stereocenters. The Balaban J connectivity index is 0.00000341. The van der Waals surface area contributed by atoms with Crippen LogP contribution in [0.15, 0.2) is 41.8 Å². The molecule has 162 valence electrons. The van der Waals surface area contributed by atoms with Gasteiger partial charge in [0, 0.05) is 20.6 Å². The third-order valence-electron chi connectivity index (χ3n) is 4.68. The molecule has 1 fully saturated rings. The van der Waals surface area contributed by atoms with E-state index in [9.17, 15) is 24.1 Å². The second-order valence-corrected chi connectivity index (χ2v) is 8.23. The van der Waals surface area contributed by atoms with Crippen molar-refractivity contribution in [2.75, 3.05) is 20.8 Å². The average molecular weight is 462 g/mol. The van der Waals surface area contributed by atoms with Gasteiger partial charge in [-0.05, 0) is 18.6 Å². The number of allylic oxidation sites excluding steroid dienone is 1. The predicted octanol–water partition coefficient (Wildman–Crippen LogP) is -3.06. The number of aliphatic carboxylic acids is 1. The van der Waals surface area contributed by atoms with Crippen LogP contribution in [-0.2, 0) is 32.5 Å². The first-order valence-electron chi connectivity index (χ1n) is 8.95. The van der Waals surface area contributed by atoms with Crippen molar-refractivity contribution < 1.29 is 71.9 Å². The van der Waals surface area contributed by atoms with E-state index in [1.807, 2.05) is 0 Å². The molecule has 0 radical (unpaired) electrons. The number of β-lactam (4-membered cyclic amide) rings is 1. The van der Waals surface area contributed by atoms with Gasteiger partial charge in [0.2, 0.25) is 0 Å². The molecule has 0 saturated carbocycles. The zero-order valence-corrected chi connectivity index (χ0v) is 20.1. The molecule has 11 nitrogen and oxygen atoms in total. The van der Waals surface area contributed by atoms with E-state index in [4.69, 9.17) is 9.26 Å². The van der Waals surface area contributed by atoms with Crippen LogP contribution in [0, 0.1) is 0 Å². The molecule has 1 N–H and O–H groups in total. The molecular formula is C18H20N2NaO9P. The molecule has 31 heavy (non-hydrogen) atoms. The Kier molecular flexibility index (Phi) is 8.70. The first-order chi connectivity index (χ1) is 14.3. The van der Waals surface area contributed by atoms with Crippen molar-refractivity contribution in [2.24, 2.45) is 0 Å². The van der Waals surface area contributed by atoms with Crippen LogP contribution in [0.1, 0.15) is 12.8 Å². The molecule has 2 atom stereocenters. The Labute approximate surface area is 200 Å². The number of carbonyl (C=O) groups excluding carboxylic acids is 3. The number of para-hydroxylation sites is 1. The number of carboxylic acid groups (broad SMARTS) is 1. The van der Waals surface area contributed by atoms with Gasteiger partial charge in [0.05, 0.1) is 12.0 Å². The summed E-state index contributed by atoms with van der Waals surface area (Å²) in [6.07, 6.45) is 0.289. The largest absolute Gasteiger partial charge is 1.00 e. The van der Waals surface area contributed by atoms with Gasteiger partial charge in [-0.2, -0.15) is 0 Å². The molecule has 0 spiro atoms. The number of fused-ring (bicyclic) bond motifs is 1. The van der Waals surface area contributed by atoms with Crippen molar-refractivity contribution in [3.8, 4) is 5.75 Å². The van der Waals surface area contributed by atoms with E-state index in [-0.39, 0.29) is 54.8 Å². The molecule has 2 aliphatic rings. The van der Waals surface area contributed by atoms with Gasteiger partial charge in [0.15, 0.2) is 6.61 Å². The fourth-order valence-corrected chi connectivity index (χ4v) is 4.02. The topological polar surface area (TPSA) is 144 Å². The van der Waals surface area contributed by atoms with Crippen molar-refractivity contribution in [1.82, 2.24) is 10.2 Å². The standard InChI is InChI=1S/C18H21N2O9P.Na/c1-26-30(25,27-2)29-13-9-8-12-15(17(22)20(12)16(13)18(23)24)19-14(21)10-28-11-6-4-3-5-7-11;/h3-7,12,15H,8-10H2,1-2H3,(H,19,21)(H,23,24);/q;+1/p-1/t12-,15+;/m1./s1. The molecule has 2 aliphatic heterocycles. The molecule has 2 heterocycles. The van der Waals surface area contributed by atoms with Crippen LogP contribution >= 0.6 is 7.82 Å². The summed E-state index contributed by atoms with van der Waals surface area (Å²) in [6.45, 7) is -0.303. The Morgan fingerprint density at radius 2 is 1.87 bits per heavy atom. The smallest absolute Gasteiger partial charge is 0.543 e. The summed E-state index contributed by atoms with van der Waals surface area (Å²) in [5.41, 5.74) is -0.559. The number of phosphoric ester groups is 1. The zero-order valence-electron chi connectivity index (χ0n) is 17.2. The second kappa shape index (κ2) is 10.6. The fraction of sp³-hybridized carbons (Fsp3) is 0.389. The van der Waals surface area contributed by atoms with E-state index < -0.39 is 43.4 Å². The summed E-state index contributed by atoms with van der Waals surface area (Å²) in [5, 5.41) is 14.2. The maximum Gasteiger partial charge on any atom is 1.00 e. The number of hydrogen-bond acceptors (Lipinski definition) is 9. The van der Waals surface area contributed by atoms with Crippen LogP contribution in [0.25, 0.3) is 0 Å². The molecule has 3 rings (SSSR count). The molecule has 13 heteroatoms. The van der Waals surface area contributed by atoms with E-state index >= 15 is 0 Å². The molecular weight excluding hydrogens is 442 g/mol. The van der Waals surface area contributed by atoms with Crippen LogP contribution in [0.2, 0.25) is 0 Å². The molecule has 1 saturated heterocycles. The summed E-state index contributed by atoms with van der Waals surface area (Å²) in [5.74, 6) is -2.61. The number of benzene rings is 1. The van der Waals surface area contributed by atoms with E-state index in [1.165, 1.54) is 0 Å². The van der Waals surface area contributed by atoms with E-state index in [2.05, 4.69) is 14.4 Å². The summed E-state index contributed by atoms with van der Waals surface area (Å²) in [6, 6.07) is 7.15. The van der Waals surface area contributed by atoms with Crippen molar-refractivity contribution in [3.63, 3.8) is 0 Å². The second-order valence-electron chi connectivity index (χ2n) is 6.42. The minimum atomic E-state index is -4.02. The van der Waals surface area contributed by atoms with Gasteiger partial charge in [0.25, 0.3) is 11.8 Å². The number of carboxylic acids is 1. The third kappa shape index (κ3) is 5.49. The predicted molar refractivity (Wildman–Crippen MR) is 98.5 cm³/mol. The van der Waals surface area contributed by atoms with Gasteiger partial charge in [0.1, 0.15) is 23.2 Å². The Bertz CT molecular complexity index is 916. The number of nitrogens with one attached hydrogen (secondary N) is 1. The number of carbonyl (C=O) groups is 3. The first-order valence-corrected chi connectivity index (χ1v) is 10.4. The molecule has 2 amide bonds. The van der Waals surface area contributed by atoms with Gasteiger partial charge in [-0.15, -0.1) is 0 Å². The average Bonchev–Trinajstić information content (AvgIpc) is 2.76. The Morgan fingerprint density at radius 1 is 1.23 bits per heavy atom. The molecule has 1 aromatic rings. The molecule has 0 bridgehead atoms. The summed E-state index contributed by atoms with van der Waals surface area (Å²) in [7, 11) is -1.87. The molecule has 1 aromatic carbocycles. The summed E-state index contributed by atoms with van der Waals surface area (Å²) < 4.78 is 31.9. The Morgan fingerprint density at radius 3 is 2.45 bits per heavy atom. The van der Waals surface area contributed by atoms with Crippen LogP contribution in [0.4, 0.5) is 0 Å². The van der Waals surface area contributed by atoms with Crippen LogP contribution in [-0.4, -0.2) is 55.6 Å². The van der Waals surface area contributed by atoms with Crippen LogP contribution < -0.4 is 44.7 Å². The minimum Gasteiger partial charge on any atom is -0.543 e. The van der Waals surface area contributed by atoms with Gasteiger partial charge in [-0.1, -0.05) is 18.2 Å². The van der Waals surface area contributed by atoms with E-state index in [0.29, 0.717) is 5.75 Å². The zero-order chi connectivity index (χ0) is 21.9. The SMILES string of the molecule is COP(=O)(OC)OC1=C(C(=O)[O-])N2C(=O)[C@@H](NC(=O)COc3ccccc3)[C@H]2CC1.[Na+]. The van der Waals surface area contributed by atoms with Crippen molar-refractivity contribution in [3.05, 3.63) is 41.8 Å². The van der Waals surface area contributed by atoms with Crippen LogP contribution in [0.5, 0.6) is 5.75 Å². The maximum absolute atomic E-state index is 12.5. The monoisotopic (exact) mass is 462 g/mol. The number of phosphoric acid groups is 1. The number of ether oxygens (including phenoxy) is 1. The van der Waals surface area contributed by atoms with Gasteiger partial charge in [-0.3, -0.25) is 18.6 Å². The number of amides is 2. The van der Waals surface area contributed by atoms with Gasteiger partial charge in [-0.25, -0.2) is 4.57 Å². The van der Waals surface area contributed by atoms with E-state index in [1.54, 1.807) is 30.3 Å². The number of nitrogens with zero attached hydrogens (tertiary/aromatic N) is 1. The van der Waals surface area contributed by atoms with Crippen molar-refractivity contribution in [2.45, 2.75) is 24.9 Å². The molecule has 0 aliphatic carbocycles. The number of hydrogen-bond donors (Lipinski definition) is 1. The van der Waals surface area contributed by atoms with Crippen molar-refractivity contribution in [1.29, 1.82) is 0 Å². The minimum absolute atomic E-state index is 0. The normalized spacial score (nSPS) is 20.2. The fourth-order valence-electron chi connectivity index (χ4n) is 3.27. The quantitative estimate of drug-likeness (QED) is 0.230. The summed E-state index contributed by atoms with van der Waals surface area (Å²) >= 11 is 0. The van der Waals surface area contributed by atoms with E-state index in [0.717, 1.165) is 19.1 Å². The maximum atomic E-state index is 12.5. The van der Waals surface area contributed by atoms with Crippen LogP contribution in [0.3, 0.4) is 0 Å². The number of rotatable bonds is 9.